The third-order valence-corrected chi connectivity index (χ3v) is 3.61. The lowest BCUT2D eigenvalue weighted by molar-refractivity contribution is -0.710. The molecule has 21 heavy (non-hydrogen) atoms. The lowest BCUT2D eigenvalue weighted by Crippen LogP contribution is -2.83. The highest BCUT2D eigenvalue weighted by atomic mass is 16.3. The van der Waals surface area contributed by atoms with E-state index in [0.717, 1.165) is 17.1 Å². The third-order valence-electron chi connectivity index (χ3n) is 3.61. The molecule has 3 aromatic rings. The second kappa shape index (κ2) is 5.54. The molecule has 5 nitrogen and oxygen atoms in total. The minimum absolute atomic E-state index is 0.0350. The van der Waals surface area contributed by atoms with Crippen molar-refractivity contribution in [3.05, 3.63) is 70.2 Å². The van der Waals surface area contributed by atoms with Gasteiger partial charge in [-0.05, 0) is 38.1 Å². The summed E-state index contributed by atoms with van der Waals surface area (Å²) in [5.74, 6) is 0.920. The zero-order valence-corrected chi connectivity index (χ0v) is 12.1. The van der Waals surface area contributed by atoms with Gasteiger partial charge in [0.25, 0.3) is 5.56 Å². The molecule has 0 unspecified atom stereocenters. The summed E-state index contributed by atoms with van der Waals surface area (Å²) in [7, 11) is 0. The van der Waals surface area contributed by atoms with E-state index in [2.05, 4.69) is 17.2 Å². The maximum atomic E-state index is 12.2. The molecule has 0 amide bonds. The molecule has 0 radical (unpaired) electrons. The van der Waals surface area contributed by atoms with E-state index in [1.165, 1.54) is 0 Å². The minimum Gasteiger partial charge on any atom is -0.463 e. The zero-order chi connectivity index (χ0) is 14.8. The van der Waals surface area contributed by atoms with Gasteiger partial charge in [0.2, 0.25) is 0 Å². The minimum atomic E-state index is -0.0350. The Morgan fingerprint density at radius 2 is 2.19 bits per heavy atom. The van der Waals surface area contributed by atoms with Crippen LogP contribution in [0.1, 0.15) is 30.1 Å². The normalized spacial score (nSPS) is 12.7. The van der Waals surface area contributed by atoms with Gasteiger partial charge < -0.3 is 9.73 Å². The van der Waals surface area contributed by atoms with E-state index in [4.69, 9.17) is 4.42 Å². The van der Waals surface area contributed by atoms with Crippen molar-refractivity contribution in [1.82, 2.24) is 9.38 Å². The number of aryl methyl sites for hydroxylation is 1. The predicted molar refractivity (Wildman–Crippen MR) is 79.0 cm³/mol. The van der Waals surface area contributed by atoms with Crippen LogP contribution in [0, 0.1) is 6.92 Å². The first kappa shape index (κ1) is 13.6. The number of rotatable bonds is 4. The van der Waals surface area contributed by atoms with E-state index >= 15 is 0 Å². The molecule has 1 atom stereocenters. The molecule has 5 heteroatoms. The molecular formula is C16H18N3O2+. The van der Waals surface area contributed by atoms with Crippen LogP contribution in [-0.4, -0.2) is 9.38 Å². The van der Waals surface area contributed by atoms with Crippen LogP contribution in [0.5, 0.6) is 0 Å². The summed E-state index contributed by atoms with van der Waals surface area (Å²) in [6.45, 7) is 4.61. The molecule has 0 fully saturated rings. The van der Waals surface area contributed by atoms with Crippen molar-refractivity contribution < 1.29 is 9.73 Å². The monoisotopic (exact) mass is 284 g/mol. The van der Waals surface area contributed by atoms with Crippen LogP contribution in [0.25, 0.3) is 5.65 Å². The van der Waals surface area contributed by atoms with Crippen molar-refractivity contribution in [3.8, 4) is 0 Å². The molecular weight excluding hydrogens is 266 g/mol. The van der Waals surface area contributed by atoms with E-state index in [0.29, 0.717) is 12.2 Å². The fourth-order valence-corrected chi connectivity index (χ4v) is 2.43. The average molecular weight is 284 g/mol. The Bertz CT molecular complexity index is 806. The molecule has 0 saturated carbocycles. The van der Waals surface area contributed by atoms with Crippen LogP contribution in [0.15, 0.2) is 51.9 Å². The number of furan rings is 1. The molecule has 0 saturated heterocycles. The number of hydrogen-bond acceptors (Lipinski definition) is 3. The van der Waals surface area contributed by atoms with Crippen LogP contribution in [0.2, 0.25) is 0 Å². The fraction of sp³-hybridized carbons (Fsp3) is 0.250. The van der Waals surface area contributed by atoms with Gasteiger partial charge in [0.1, 0.15) is 23.9 Å². The Morgan fingerprint density at radius 3 is 2.95 bits per heavy atom. The Hall–Kier alpha value is -2.40. The molecule has 108 valence electrons. The van der Waals surface area contributed by atoms with E-state index in [1.807, 2.05) is 37.3 Å². The molecule has 0 aliphatic heterocycles. The van der Waals surface area contributed by atoms with Crippen molar-refractivity contribution in [2.75, 3.05) is 0 Å². The quantitative estimate of drug-likeness (QED) is 0.788. The highest BCUT2D eigenvalue weighted by Gasteiger charge is 2.12. The van der Waals surface area contributed by atoms with Crippen molar-refractivity contribution in [2.45, 2.75) is 26.4 Å². The molecule has 2 N–H and O–H groups in total. The summed E-state index contributed by atoms with van der Waals surface area (Å²) in [4.78, 5) is 16.7. The molecule has 0 spiro atoms. The number of nitrogens with zero attached hydrogens (tertiary/aromatic N) is 2. The number of pyridine rings is 1. The largest absolute Gasteiger partial charge is 0.463 e. The van der Waals surface area contributed by atoms with Gasteiger partial charge in [0, 0.05) is 11.8 Å². The van der Waals surface area contributed by atoms with Crippen LogP contribution in [-0.2, 0) is 6.54 Å². The third kappa shape index (κ3) is 2.73. The summed E-state index contributed by atoms with van der Waals surface area (Å²) >= 11 is 0. The first-order valence-electron chi connectivity index (χ1n) is 7.00. The van der Waals surface area contributed by atoms with Crippen molar-refractivity contribution in [3.63, 3.8) is 0 Å². The Kier molecular flexibility index (Phi) is 3.58. The van der Waals surface area contributed by atoms with Crippen molar-refractivity contribution in [2.24, 2.45) is 0 Å². The van der Waals surface area contributed by atoms with Crippen molar-refractivity contribution >= 4 is 5.65 Å². The van der Waals surface area contributed by atoms with Crippen LogP contribution in [0.4, 0.5) is 0 Å². The summed E-state index contributed by atoms with van der Waals surface area (Å²) in [5, 5.41) is 2.10. The molecule has 3 rings (SSSR count). The fourth-order valence-electron chi connectivity index (χ4n) is 2.43. The number of aromatic nitrogens is 2. The highest BCUT2D eigenvalue weighted by Crippen LogP contribution is 2.08. The van der Waals surface area contributed by atoms with Gasteiger partial charge in [-0.15, -0.1) is 0 Å². The second-order valence-electron chi connectivity index (χ2n) is 5.19. The molecule has 0 aliphatic carbocycles. The standard InChI is InChI=1S/C16H17N3O2/c1-11-5-3-7-15-18-13(9-16(20)19(11)15)10-17-12(2)14-6-4-8-21-14/h3-9,12,17H,10H2,1-2H3/p+1/t12-/m1/s1. The topological polar surface area (TPSA) is 64.1 Å². The van der Waals surface area contributed by atoms with Gasteiger partial charge in [-0.3, -0.25) is 9.20 Å². The highest BCUT2D eigenvalue weighted by molar-refractivity contribution is 5.40. The average Bonchev–Trinajstić information content (AvgIpc) is 2.98. The van der Waals surface area contributed by atoms with Gasteiger partial charge >= 0.3 is 0 Å². The summed E-state index contributed by atoms with van der Waals surface area (Å²) < 4.78 is 7.00. The van der Waals surface area contributed by atoms with Crippen LogP contribution < -0.4 is 10.9 Å². The Labute approximate surface area is 122 Å². The van der Waals surface area contributed by atoms with Crippen LogP contribution in [0.3, 0.4) is 0 Å². The molecule has 3 aromatic heterocycles. The van der Waals surface area contributed by atoms with Gasteiger partial charge in [0.15, 0.2) is 5.76 Å². The molecule has 0 aromatic carbocycles. The van der Waals surface area contributed by atoms with Crippen molar-refractivity contribution in [1.29, 1.82) is 0 Å². The van der Waals surface area contributed by atoms with Gasteiger partial charge in [-0.25, -0.2) is 4.98 Å². The summed E-state index contributed by atoms with van der Waals surface area (Å²) in [6.07, 6.45) is 1.67. The predicted octanol–water partition coefficient (Wildman–Crippen LogP) is 1.42. The maximum absolute atomic E-state index is 12.2. The summed E-state index contributed by atoms with van der Waals surface area (Å²) in [6, 6.07) is 11.3. The molecule has 0 bridgehead atoms. The van der Waals surface area contributed by atoms with Gasteiger partial charge in [0.05, 0.1) is 6.26 Å². The zero-order valence-electron chi connectivity index (χ0n) is 12.1. The smallest absolute Gasteiger partial charge is 0.258 e. The summed E-state index contributed by atoms with van der Waals surface area (Å²) in [5.41, 5.74) is 2.33. The Morgan fingerprint density at radius 1 is 1.33 bits per heavy atom. The number of nitrogens with two attached hydrogens (primary N) is 1. The number of quaternary nitrogens is 1. The molecule has 3 heterocycles. The number of fused-ring (bicyclic) bond motifs is 1. The first-order chi connectivity index (χ1) is 10.1. The SMILES string of the molecule is Cc1cccc2nc(C[NH2+][C@H](C)c3ccco3)cc(=O)n12. The van der Waals surface area contributed by atoms with E-state index in [1.54, 1.807) is 16.7 Å². The second-order valence-corrected chi connectivity index (χ2v) is 5.19. The van der Waals surface area contributed by atoms with Gasteiger partial charge in [-0.1, -0.05) is 6.07 Å². The van der Waals surface area contributed by atoms with Gasteiger partial charge in [-0.2, -0.15) is 0 Å². The maximum Gasteiger partial charge on any atom is 0.258 e. The molecule has 0 aliphatic rings. The van der Waals surface area contributed by atoms with Crippen LogP contribution >= 0.6 is 0 Å². The Balaban J connectivity index is 1.84. The number of hydrogen-bond donors (Lipinski definition) is 1. The first-order valence-corrected chi connectivity index (χ1v) is 7.00. The lowest BCUT2D eigenvalue weighted by atomic mass is 10.2. The van der Waals surface area contributed by atoms with E-state index in [-0.39, 0.29) is 11.6 Å². The van der Waals surface area contributed by atoms with E-state index < -0.39 is 0 Å². The van der Waals surface area contributed by atoms with E-state index in [9.17, 15) is 4.79 Å². The lowest BCUT2D eigenvalue weighted by Gasteiger charge is -2.09.